The number of rotatable bonds is 2. The maximum atomic E-state index is 6.63. The SMILES string of the molecule is Cc1cc(-c2nn3c(Cl)c(C4CCNCC4)nc3s2)cc2cn(C)nc12. The van der Waals surface area contributed by atoms with Crippen LogP contribution < -0.4 is 5.32 Å². The van der Waals surface area contributed by atoms with Gasteiger partial charge in [0.05, 0.1) is 11.2 Å². The Balaban J connectivity index is 1.58. The van der Waals surface area contributed by atoms with Crippen LogP contribution in [0.25, 0.3) is 26.4 Å². The molecular formula is C18H19ClN6S. The first-order chi connectivity index (χ1) is 12.6. The molecule has 1 saturated heterocycles. The summed E-state index contributed by atoms with van der Waals surface area (Å²) in [7, 11) is 1.94. The summed E-state index contributed by atoms with van der Waals surface area (Å²) in [5.41, 5.74) is 4.26. The topological polar surface area (TPSA) is 60.0 Å². The number of piperidine rings is 1. The van der Waals surface area contributed by atoms with Gasteiger partial charge < -0.3 is 5.32 Å². The Hall–Kier alpha value is -1.96. The Labute approximate surface area is 159 Å². The number of hydrogen-bond acceptors (Lipinski definition) is 5. The molecule has 1 fully saturated rings. The summed E-state index contributed by atoms with van der Waals surface area (Å²) in [5, 5.41) is 15.4. The first-order valence-corrected chi connectivity index (χ1v) is 9.99. The highest BCUT2D eigenvalue weighted by Crippen LogP contribution is 2.35. The maximum absolute atomic E-state index is 6.63. The first-order valence-electron chi connectivity index (χ1n) is 8.80. The van der Waals surface area contributed by atoms with Gasteiger partial charge in [-0.05, 0) is 50.6 Å². The summed E-state index contributed by atoms with van der Waals surface area (Å²) in [4.78, 5) is 5.68. The predicted molar refractivity (Wildman–Crippen MR) is 105 cm³/mol. The number of aromatic nitrogens is 5. The zero-order chi connectivity index (χ0) is 17.8. The van der Waals surface area contributed by atoms with E-state index in [1.54, 1.807) is 15.9 Å². The molecule has 4 aromatic rings. The van der Waals surface area contributed by atoms with E-state index in [1.807, 2.05) is 17.9 Å². The molecule has 1 N–H and O–H groups in total. The minimum atomic E-state index is 0.426. The lowest BCUT2D eigenvalue weighted by atomic mass is 9.95. The summed E-state index contributed by atoms with van der Waals surface area (Å²) in [5.74, 6) is 0.426. The van der Waals surface area contributed by atoms with Crippen molar-refractivity contribution in [1.29, 1.82) is 0 Å². The zero-order valence-electron chi connectivity index (χ0n) is 14.7. The molecule has 0 unspecified atom stereocenters. The van der Waals surface area contributed by atoms with Crippen LogP contribution in [0.5, 0.6) is 0 Å². The van der Waals surface area contributed by atoms with Crippen molar-refractivity contribution in [2.75, 3.05) is 13.1 Å². The molecule has 0 radical (unpaired) electrons. The summed E-state index contributed by atoms with van der Waals surface area (Å²) in [6.45, 7) is 4.13. The number of nitrogens with zero attached hydrogens (tertiary/aromatic N) is 5. The minimum absolute atomic E-state index is 0.426. The van der Waals surface area contributed by atoms with Crippen LogP contribution in [-0.4, -0.2) is 37.5 Å². The highest BCUT2D eigenvalue weighted by molar-refractivity contribution is 7.19. The van der Waals surface area contributed by atoms with Gasteiger partial charge in [0.15, 0.2) is 5.15 Å². The number of halogens is 1. The number of benzene rings is 1. The molecule has 1 aliphatic rings. The molecule has 0 saturated carbocycles. The Kier molecular flexibility index (Phi) is 3.77. The maximum Gasteiger partial charge on any atom is 0.214 e. The second-order valence-electron chi connectivity index (χ2n) is 6.95. The van der Waals surface area contributed by atoms with Crippen molar-refractivity contribution in [2.24, 2.45) is 7.05 Å². The van der Waals surface area contributed by atoms with Gasteiger partial charge in [-0.2, -0.15) is 14.7 Å². The Morgan fingerprint density at radius 3 is 2.81 bits per heavy atom. The lowest BCUT2D eigenvalue weighted by molar-refractivity contribution is 0.454. The third-order valence-corrected chi connectivity index (χ3v) is 6.37. The molecule has 0 atom stereocenters. The summed E-state index contributed by atoms with van der Waals surface area (Å²) in [6, 6.07) is 4.27. The van der Waals surface area contributed by atoms with E-state index in [-0.39, 0.29) is 0 Å². The van der Waals surface area contributed by atoms with E-state index in [4.69, 9.17) is 21.7 Å². The van der Waals surface area contributed by atoms with Gasteiger partial charge in [-0.3, -0.25) is 4.68 Å². The molecule has 5 rings (SSSR count). The Morgan fingerprint density at radius 1 is 1.23 bits per heavy atom. The van der Waals surface area contributed by atoms with Crippen LogP contribution in [0.15, 0.2) is 18.3 Å². The second-order valence-corrected chi connectivity index (χ2v) is 8.26. The monoisotopic (exact) mass is 386 g/mol. The first kappa shape index (κ1) is 16.2. The summed E-state index contributed by atoms with van der Waals surface area (Å²) in [6.07, 6.45) is 4.19. The van der Waals surface area contributed by atoms with Gasteiger partial charge in [0.2, 0.25) is 4.96 Å². The number of imidazole rings is 1. The molecule has 3 aromatic heterocycles. The van der Waals surface area contributed by atoms with Crippen molar-refractivity contribution >= 4 is 38.8 Å². The fourth-order valence-corrected chi connectivity index (χ4v) is 5.02. The second kappa shape index (κ2) is 6.04. The lowest BCUT2D eigenvalue weighted by Crippen LogP contribution is -2.26. The van der Waals surface area contributed by atoms with E-state index in [1.165, 1.54) is 0 Å². The van der Waals surface area contributed by atoms with Crippen molar-refractivity contribution in [3.05, 3.63) is 34.7 Å². The van der Waals surface area contributed by atoms with Crippen molar-refractivity contribution in [3.63, 3.8) is 0 Å². The molecule has 8 heteroatoms. The molecule has 0 bridgehead atoms. The molecule has 0 amide bonds. The molecule has 26 heavy (non-hydrogen) atoms. The molecule has 1 aliphatic heterocycles. The quantitative estimate of drug-likeness (QED) is 0.569. The third kappa shape index (κ3) is 2.53. The standard InChI is InChI=1S/C18H19ClN6S/c1-10-7-12(8-13-9-24(2)22-14(10)13)17-23-25-16(19)15(21-18(25)26-17)11-3-5-20-6-4-11/h7-9,11,20H,3-6H2,1-2H3. The van der Waals surface area contributed by atoms with Crippen LogP contribution in [0.2, 0.25) is 5.15 Å². The largest absolute Gasteiger partial charge is 0.317 e. The number of aryl methyl sites for hydroxylation is 2. The minimum Gasteiger partial charge on any atom is -0.317 e. The average molecular weight is 387 g/mol. The van der Waals surface area contributed by atoms with Crippen molar-refractivity contribution in [1.82, 2.24) is 29.7 Å². The van der Waals surface area contributed by atoms with Gasteiger partial charge in [0.25, 0.3) is 0 Å². The van der Waals surface area contributed by atoms with Crippen molar-refractivity contribution < 1.29 is 0 Å². The molecule has 134 valence electrons. The van der Waals surface area contributed by atoms with E-state index in [0.29, 0.717) is 11.1 Å². The van der Waals surface area contributed by atoms with Crippen LogP contribution in [0.4, 0.5) is 0 Å². The number of hydrogen-bond donors (Lipinski definition) is 1. The molecular weight excluding hydrogens is 368 g/mol. The zero-order valence-corrected chi connectivity index (χ0v) is 16.2. The molecule has 4 heterocycles. The smallest absolute Gasteiger partial charge is 0.214 e. The van der Waals surface area contributed by atoms with E-state index in [2.05, 4.69) is 29.5 Å². The van der Waals surface area contributed by atoms with Gasteiger partial charge in [0, 0.05) is 30.1 Å². The lowest BCUT2D eigenvalue weighted by Gasteiger charge is -2.20. The van der Waals surface area contributed by atoms with Crippen LogP contribution in [0.1, 0.15) is 30.0 Å². The molecule has 0 spiro atoms. The van der Waals surface area contributed by atoms with Crippen LogP contribution >= 0.6 is 22.9 Å². The van der Waals surface area contributed by atoms with E-state index in [0.717, 1.165) is 63.6 Å². The van der Waals surface area contributed by atoms with Gasteiger partial charge >= 0.3 is 0 Å². The van der Waals surface area contributed by atoms with Gasteiger partial charge in [-0.25, -0.2) is 4.98 Å². The fraction of sp³-hybridized carbons (Fsp3) is 0.389. The third-order valence-electron chi connectivity index (χ3n) is 5.06. The summed E-state index contributed by atoms with van der Waals surface area (Å²) < 4.78 is 3.64. The Morgan fingerprint density at radius 2 is 2.04 bits per heavy atom. The van der Waals surface area contributed by atoms with Crippen molar-refractivity contribution in [2.45, 2.75) is 25.7 Å². The normalized spacial score (nSPS) is 16.1. The molecule has 0 aliphatic carbocycles. The van der Waals surface area contributed by atoms with Crippen LogP contribution in [-0.2, 0) is 7.05 Å². The fourth-order valence-electron chi connectivity index (χ4n) is 3.76. The van der Waals surface area contributed by atoms with E-state index < -0.39 is 0 Å². The van der Waals surface area contributed by atoms with Gasteiger partial charge in [-0.1, -0.05) is 22.9 Å². The van der Waals surface area contributed by atoms with E-state index >= 15 is 0 Å². The van der Waals surface area contributed by atoms with E-state index in [9.17, 15) is 0 Å². The summed E-state index contributed by atoms with van der Waals surface area (Å²) >= 11 is 8.22. The number of nitrogens with one attached hydrogen (secondary N) is 1. The highest BCUT2D eigenvalue weighted by Gasteiger charge is 2.24. The van der Waals surface area contributed by atoms with Crippen LogP contribution in [0, 0.1) is 6.92 Å². The number of fused-ring (bicyclic) bond motifs is 2. The van der Waals surface area contributed by atoms with Crippen molar-refractivity contribution in [3.8, 4) is 10.6 Å². The molecule has 6 nitrogen and oxygen atoms in total. The van der Waals surface area contributed by atoms with Gasteiger partial charge in [0.1, 0.15) is 5.01 Å². The Bertz CT molecular complexity index is 1120. The average Bonchev–Trinajstić information content (AvgIpc) is 3.30. The molecule has 1 aromatic carbocycles. The van der Waals surface area contributed by atoms with Gasteiger partial charge in [-0.15, -0.1) is 0 Å². The highest BCUT2D eigenvalue weighted by atomic mass is 35.5. The van der Waals surface area contributed by atoms with Crippen LogP contribution in [0.3, 0.4) is 0 Å². The predicted octanol–water partition coefficient (Wildman–Crippen LogP) is 3.77.